The molecule has 0 radical (unpaired) electrons. The van der Waals surface area contributed by atoms with Crippen LogP contribution in [-0.2, 0) is 20.7 Å². The van der Waals surface area contributed by atoms with Gasteiger partial charge < -0.3 is 35.6 Å². The number of benzene rings is 3. The highest BCUT2D eigenvalue weighted by molar-refractivity contribution is 5.90. The Morgan fingerprint density at radius 3 is 2.34 bits per heavy atom. The van der Waals surface area contributed by atoms with E-state index in [1.165, 1.54) is 7.11 Å². The van der Waals surface area contributed by atoms with Crippen LogP contribution < -0.4 is 16.0 Å². The second kappa shape index (κ2) is 15.8. The first-order valence-electron chi connectivity index (χ1n) is 17.1. The second-order valence-corrected chi connectivity index (χ2v) is 12.7. The van der Waals surface area contributed by atoms with Gasteiger partial charge in [-0.15, -0.1) is 0 Å². The summed E-state index contributed by atoms with van der Waals surface area (Å²) in [6.45, 7) is 3.23. The maximum absolute atomic E-state index is 12.5. The minimum atomic E-state index is -0.657. The molecule has 6 rings (SSSR count). The lowest BCUT2D eigenvalue weighted by molar-refractivity contribution is -0.131. The first-order valence-corrected chi connectivity index (χ1v) is 17.1. The van der Waals surface area contributed by atoms with E-state index < -0.39 is 12.1 Å². The van der Waals surface area contributed by atoms with Crippen LogP contribution in [0.25, 0.3) is 44.4 Å². The number of hydrogen-bond acceptors (Lipinski definition) is 7. The fourth-order valence-corrected chi connectivity index (χ4v) is 6.41. The summed E-state index contributed by atoms with van der Waals surface area (Å²) >= 11 is 0. The Labute approximate surface area is 291 Å². The van der Waals surface area contributed by atoms with Gasteiger partial charge in [0.2, 0.25) is 11.8 Å². The molecule has 3 aromatic carbocycles. The van der Waals surface area contributed by atoms with Crippen LogP contribution >= 0.6 is 0 Å². The summed E-state index contributed by atoms with van der Waals surface area (Å²) in [6.07, 6.45) is 7.40. The van der Waals surface area contributed by atoms with Crippen molar-refractivity contribution in [1.82, 2.24) is 40.8 Å². The van der Waals surface area contributed by atoms with Gasteiger partial charge in [0.25, 0.3) is 0 Å². The zero-order valence-electron chi connectivity index (χ0n) is 28.7. The number of alkyl carbamates (subject to hydrolysis) is 1. The third-order valence-electron chi connectivity index (χ3n) is 9.17. The summed E-state index contributed by atoms with van der Waals surface area (Å²) in [4.78, 5) is 53.9. The lowest BCUT2D eigenvalue weighted by Gasteiger charge is -2.23. The largest absolute Gasteiger partial charge is 0.453 e. The van der Waals surface area contributed by atoms with Gasteiger partial charge in [-0.1, -0.05) is 48.5 Å². The average Bonchev–Trinajstić information content (AvgIpc) is 3.93. The summed E-state index contributed by atoms with van der Waals surface area (Å²) in [7, 11) is 3.05. The third-order valence-corrected chi connectivity index (χ3v) is 9.17. The highest BCUT2D eigenvalue weighted by Gasteiger charge is 2.31. The molecular weight excluding hydrogens is 632 g/mol. The van der Waals surface area contributed by atoms with E-state index >= 15 is 0 Å². The number of aromatic nitrogens is 4. The molecule has 3 heterocycles. The summed E-state index contributed by atoms with van der Waals surface area (Å²) in [5.41, 5.74) is 6.29. The van der Waals surface area contributed by atoms with Crippen molar-refractivity contribution in [3.05, 3.63) is 84.7 Å². The Bertz CT molecular complexity index is 1950. The van der Waals surface area contributed by atoms with Gasteiger partial charge in [-0.25, -0.2) is 14.8 Å². The van der Waals surface area contributed by atoms with Crippen LogP contribution in [0.4, 0.5) is 4.79 Å². The number of carbonyl (C=O) groups excluding carboxylic acids is 3. The standard InChI is InChI=1S/C38H44N8O4/c1-24(43-38(49)50-3)37(48)40-17-5-4-8-34-41-21-32(44-34)30-16-15-28-19-27(13-14-29(28)20-30)25-9-11-26(12-10-25)31-22-42-36(45-31)33-7-6-18-46(33)35(47)23-39-2/h9-16,19-22,24,33,39H,4-8,17-18,23H2,1-3H3,(H,40,48)(H,41,44)(H,42,45)(H,43,49)/t24-,33?/m0/s1. The minimum Gasteiger partial charge on any atom is -0.453 e. The van der Waals surface area contributed by atoms with Gasteiger partial charge in [0, 0.05) is 25.1 Å². The number of likely N-dealkylation sites (tertiary alicyclic amines) is 1. The van der Waals surface area contributed by atoms with Crippen LogP contribution in [-0.4, -0.2) is 82.6 Å². The van der Waals surface area contributed by atoms with Crippen molar-refractivity contribution in [2.24, 2.45) is 0 Å². The first-order chi connectivity index (χ1) is 24.3. The fraction of sp³-hybridized carbons (Fsp3) is 0.342. The van der Waals surface area contributed by atoms with Crippen molar-refractivity contribution < 1.29 is 19.1 Å². The number of nitrogens with one attached hydrogen (secondary N) is 5. The smallest absolute Gasteiger partial charge is 0.407 e. The Morgan fingerprint density at radius 1 is 0.900 bits per heavy atom. The van der Waals surface area contributed by atoms with Gasteiger partial charge in [0.15, 0.2) is 0 Å². The number of methoxy groups -OCH3 is 1. The molecule has 5 aromatic rings. The van der Waals surface area contributed by atoms with E-state index in [4.69, 9.17) is 0 Å². The predicted octanol–water partition coefficient (Wildman–Crippen LogP) is 5.35. The van der Waals surface area contributed by atoms with Gasteiger partial charge in [0.05, 0.1) is 43.5 Å². The molecule has 1 aliphatic rings. The van der Waals surface area contributed by atoms with E-state index in [0.717, 1.165) is 94.7 Å². The number of amides is 3. The van der Waals surface area contributed by atoms with E-state index in [0.29, 0.717) is 13.1 Å². The molecule has 0 bridgehead atoms. The topological polar surface area (TPSA) is 157 Å². The van der Waals surface area contributed by atoms with Crippen molar-refractivity contribution in [3.63, 3.8) is 0 Å². The van der Waals surface area contributed by atoms with Crippen LogP contribution in [0, 0.1) is 0 Å². The Morgan fingerprint density at radius 2 is 1.58 bits per heavy atom. The molecule has 1 aliphatic heterocycles. The molecule has 50 heavy (non-hydrogen) atoms. The third kappa shape index (κ3) is 8.03. The van der Waals surface area contributed by atoms with Gasteiger partial charge in [-0.05, 0) is 79.3 Å². The second-order valence-electron chi connectivity index (χ2n) is 12.7. The van der Waals surface area contributed by atoms with Crippen LogP contribution in [0.15, 0.2) is 73.1 Å². The van der Waals surface area contributed by atoms with Crippen LogP contribution in [0.1, 0.15) is 50.3 Å². The summed E-state index contributed by atoms with van der Waals surface area (Å²) in [5.74, 6) is 1.60. The highest BCUT2D eigenvalue weighted by atomic mass is 16.5. The van der Waals surface area contributed by atoms with Crippen LogP contribution in [0.3, 0.4) is 0 Å². The van der Waals surface area contributed by atoms with Crippen molar-refractivity contribution in [2.75, 3.05) is 33.8 Å². The van der Waals surface area contributed by atoms with Gasteiger partial charge in [-0.3, -0.25) is 9.59 Å². The van der Waals surface area contributed by atoms with Gasteiger partial charge >= 0.3 is 6.09 Å². The molecule has 2 atom stereocenters. The SMILES string of the molecule is CNCC(=O)N1CCCC1c1ncc(-c2ccc(-c3ccc4cc(-c5cnc(CCCCNC(=O)[C@H](C)NC(=O)OC)[nH]5)ccc4c3)cc2)[nH]1. The minimum absolute atomic E-state index is 0.00976. The molecule has 12 heteroatoms. The van der Waals surface area contributed by atoms with Gasteiger partial charge in [-0.2, -0.15) is 0 Å². The van der Waals surface area contributed by atoms with Crippen molar-refractivity contribution in [3.8, 4) is 33.6 Å². The number of imidazole rings is 2. The molecule has 1 fully saturated rings. The number of nitrogens with zero attached hydrogens (tertiary/aromatic N) is 3. The van der Waals surface area contributed by atoms with E-state index in [2.05, 4.69) is 101 Å². The molecular formula is C38H44N8O4. The first kappa shape index (κ1) is 34.4. The summed E-state index contributed by atoms with van der Waals surface area (Å²) in [6, 6.07) is 20.7. The molecule has 0 aliphatic carbocycles. The molecule has 0 spiro atoms. The van der Waals surface area contributed by atoms with Crippen molar-refractivity contribution in [2.45, 2.75) is 51.1 Å². The zero-order chi connectivity index (χ0) is 35.0. The number of likely N-dealkylation sites (N-methyl/N-ethyl adjacent to an activating group) is 1. The lowest BCUT2D eigenvalue weighted by atomic mass is 9.98. The molecule has 2 aromatic heterocycles. The van der Waals surface area contributed by atoms with E-state index in [9.17, 15) is 14.4 Å². The monoisotopic (exact) mass is 676 g/mol. The van der Waals surface area contributed by atoms with E-state index in [1.54, 1.807) is 14.0 Å². The normalized spacial score (nSPS) is 14.9. The molecule has 1 saturated heterocycles. The molecule has 12 nitrogen and oxygen atoms in total. The Kier molecular flexibility index (Phi) is 10.9. The number of aryl methyl sites for hydroxylation is 1. The summed E-state index contributed by atoms with van der Waals surface area (Å²) in [5, 5.41) is 10.5. The maximum Gasteiger partial charge on any atom is 0.407 e. The molecule has 3 amide bonds. The Hall–Kier alpha value is -5.49. The number of aromatic amines is 2. The highest BCUT2D eigenvalue weighted by Crippen LogP contribution is 2.33. The Balaban J connectivity index is 1.03. The summed E-state index contributed by atoms with van der Waals surface area (Å²) < 4.78 is 4.53. The maximum atomic E-state index is 12.5. The molecule has 1 unspecified atom stereocenters. The molecule has 5 N–H and O–H groups in total. The fourth-order valence-electron chi connectivity index (χ4n) is 6.41. The van der Waals surface area contributed by atoms with Gasteiger partial charge in [0.1, 0.15) is 17.7 Å². The molecule has 0 saturated carbocycles. The number of hydrogen-bond donors (Lipinski definition) is 5. The number of carbonyl (C=O) groups is 3. The predicted molar refractivity (Wildman–Crippen MR) is 193 cm³/mol. The van der Waals surface area contributed by atoms with Crippen molar-refractivity contribution in [1.29, 1.82) is 0 Å². The molecule has 260 valence electrons. The van der Waals surface area contributed by atoms with Crippen LogP contribution in [0.2, 0.25) is 0 Å². The van der Waals surface area contributed by atoms with E-state index in [-0.39, 0.29) is 17.9 Å². The van der Waals surface area contributed by atoms with Crippen molar-refractivity contribution >= 4 is 28.7 Å². The number of H-pyrrole nitrogens is 2. The number of fused-ring (bicyclic) bond motifs is 1. The number of unbranched alkanes of at least 4 members (excludes halogenated alkanes) is 1. The van der Waals surface area contributed by atoms with Crippen LogP contribution in [0.5, 0.6) is 0 Å². The quantitative estimate of drug-likeness (QED) is 0.105. The average molecular weight is 677 g/mol. The number of rotatable bonds is 13. The van der Waals surface area contributed by atoms with E-state index in [1.807, 2.05) is 17.3 Å². The zero-order valence-corrected chi connectivity index (χ0v) is 28.7. The number of ether oxygens (including phenoxy) is 1. The lowest BCUT2D eigenvalue weighted by Crippen LogP contribution is -2.45.